The van der Waals surface area contributed by atoms with Gasteiger partial charge in [0.15, 0.2) is 0 Å². The fourth-order valence-electron chi connectivity index (χ4n) is 2.58. The minimum Gasteiger partial charge on any atom is -0.457 e. The molecule has 7 heteroatoms. The van der Waals surface area contributed by atoms with Crippen molar-refractivity contribution < 1.29 is 9.53 Å². The number of ether oxygens (including phenoxy) is 1. The Morgan fingerprint density at radius 1 is 1.20 bits per heavy atom. The number of para-hydroxylation sites is 1. The second-order valence-electron chi connectivity index (χ2n) is 5.52. The van der Waals surface area contributed by atoms with Crippen LogP contribution in [0.2, 0.25) is 0 Å². The summed E-state index contributed by atoms with van der Waals surface area (Å²) in [7, 11) is 0. The van der Waals surface area contributed by atoms with Crippen molar-refractivity contribution in [1.29, 1.82) is 0 Å². The van der Waals surface area contributed by atoms with Crippen LogP contribution in [0.1, 0.15) is 22.8 Å². The molecule has 0 saturated heterocycles. The standard InChI is InChI=1S/C18H17N3O4/c1-2-21-16(22)13-9-11(7-8-15(13)20-18(21)24)10-25-17(23)12-5-3-4-6-14(12)19/h3-9H,2,10,19H2,1H3,(H,20,24). The van der Waals surface area contributed by atoms with Crippen molar-refractivity contribution in [3.05, 3.63) is 74.4 Å². The van der Waals surface area contributed by atoms with Gasteiger partial charge in [-0.05, 0) is 36.8 Å². The van der Waals surface area contributed by atoms with Crippen molar-refractivity contribution in [2.45, 2.75) is 20.1 Å². The summed E-state index contributed by atoms with van der Waals surface area (Å²) in [6.07, 6.45) is 0. The second kappa shape index (κ2) is 6.64. The number of carbonyl (C=O) groups excluding carboxylic acids is 1. The fourth-order valence-corrected chi connectivity index (χ4v) is 2.58. The van der Waals surface area contributed by atoms with E-state index in [0.717, 1.165) is 4.57 Å². The molecule has 3 rings (SSSR count). The van der Waals surface area contributed by atoms with Crippen molar-refractivity contribution in [1.82, 2.24) is 9.55 Å². The van der Waals surface area contributed by atoms with Crippen LogP contribution >= 0.6 is 0 Å². The molecule has 7 nitrogen and oxygen atoms in total. The molecule has 0 saturated carbocycles. The van der Waals surface area contributed by atoms with Crippen molar-refractivity contribution >= 4 is 22.6 Å². The largest absolute Gasteiger partial charge is 0.457 e. The van der Waals surface area contributed by atoms with Gasteiger partial charge in [0.2, 0.25) is 0 Å². The molecular weight excluding hydrogens is 322 g/mol. The summed E-state index contributed by atoms with van der Waals surface area (Å²) in [4.78, 5) is 38.9. The molecule has 0 fully saturated rings. The van der Waals surface area contributed by atoms with Crippen LogP contribution in [0.3, 0.4) is 0 Å². The number of carbonyl (C=O) groups is 1. The maximum Gasteiger partial charge on any atom is 0.340 e. The highest BCUT2D eigenvalue weighted by Crippen LogP contribution is 2.14. The van der Waals surface area contributed by atoms with E-state index in [4.69, 9.17) is 10.5 Å². The van der Waals surface area contributed by atoms with Crippen LogP contribution in [-0.2, 0) is 17.9 Å². The van der Waals surface area contributed by atoms with Gasteiger partial charge in [0.1, 0.15) is 6.61 Å². The number of nitrogen functional groups attached to an aromatic ring is 1. The second-order valence-corrected chi connectivity index (χ2v) is 5.52. The molecule has 25 heavy (non-hydrogen) atoms. The molecule has 0 spiro atoms. The third-order valence-electron chi connectivity index (χ3n) is 3.91. The van der Waals surface area contributed by atoms with Crippen LogP contribution in [0, 0.1) is 0 Å². The first-order valence-corrected chi connectivity index (χ1v) is 7.78. The van der Waals surface area contributed by atoms with Gasteiger partial charge in [-0.25, -0.2) is 9.59 Å². The lowest BCUT2D eigenvalue weighted by Gasteiger charge is -2.08. The van der Waals surface area contributed by atoms with Crippen LogP contribution in [0.25, 0.3) is 10.9 Å². The van der Waals surface area contributed by atoms with Gasteiger partial charge in [0.25, 0.3) is 5.56 Å². The molecule has 0 aliphatic rings. The Morgan fingerprint density at radius 3 is 2.68 bits per heavy atom. The lowest BCUT2D eigenvalue weighted by molar-refractivity contribution is 0.0474. The van der Waals surface area contributed by atoms with Gasteiger partial charge >= 0.3 is 11.7 Å². The SMILES string of the molecule is CCn1c(=O)[nH]c2ccc(COC(=O)c3ccccc3N)cc2c1=O. The summed E-state index contributed by atoms with van der Waals surface area (Å²) in [5.74, 6) is -0.536. The first-order valence-electron chi connectivity index (χ1n) is 7.78. The minimum atomic E-state index is -0.536. The van der Waals surface area contributed by atoms with E-state index in [9.17, 15) is 14.4 Å². The third kappa shape index (κ3) is 3.16. The first kappa shape index (κ1) is 16.5. The van der Waals surface area contributed by atoms with E-state index in [1.54, 1.807) is 49.4 Å². The number of nitrogens with zero attached hydrogens (tertiary/aromatic N) is 1. The van der Waals surface area contributed by atoms with Gasteiger partial charge in [0, 0.05) is 12.2 Å². The summed E-state index contributed by atoms with van der Waals surface area (Å²) in [5, 5.41) is 0.370. The van der Waals surface area contributed by atoms with Crippen molar-refractivity contribution in [3.8, 4) is 0 Å². The summed E-state index contributed by atoms with van der Waals surface area (Å²) in [6, 6.07) is 11.6. The monoisotopic (exact) mass is 339 g/mol. The predicted molar refractivity (Wildman–Crippen MR) is 94.5 cm³/mol. The van der Waals surface area contributed by atoms with Gasteiger partial charge in [-0.15, -0.1) is 0 Å². The molecule has 0 radical (unpaired) electrons. The summed E-state index contributed by atoms with van der Waals surface area (Å²) < 4.78 is 6.38. The summed E-state index contributed by atoms with van der Waals surface area (Å²) in [5.41, 5.74) is 6.66. The van der Waals surface area contributed by atoms with Crippen LogP contribution < -0.4 is 17.0 Å². The minimum absolute atomic E-state index is 0.00615. The Hall–Kier alpha value is -3.35. The zero-order valence-corrected chi connectivity index (χ0v) is 13.6. The van der Waals surface area contributed by atoms with Crippen molar-refractivity contribution in [3.63, 3.8) is 0 Å². The number of hydrogen-bond acceptors (Lipinski definition) is 5. The predicted octanol–water partition coefficient (Wildman–Crippen LogP) is 1.65. The first-order chi connectivity index (χ1) is 12.0. The fraction of sp³-hybridized carbons (Fsp3) is 0.167. The molecule has 3 N–H and O–H groups in total. The number of nitrogens with one attached hydrogen (secondary N) is 1. The van der Waals surface area contributed by atoms with E-state index >= 15 is 0 Å². The number of hydrogen-bond donors (Lipinski definition) is 2. The number of fused-ring (bicyclic) bond motifs is 1. The van der Waals surface area contributed by atoms with E-state index in [2.05, 4.69) is 4.98 Å². The van der Waals surface area contributed by atoms with Gasteiger partial charge in [0.05, 0.1) is 16.5 Å². The van der Waals surface area contributed by atoms with Gasteiger partial charge in [-0.2, -0.15) is 0 Å². The molecule has 0 aliphatic heterocycles. The Kier molecular flexibility index (Phi) is 4.38. The smallest absolute Gasteiger partial charge is 0.340 e. The van der Waals surface area contributed by atoms with Crippen LogP contribution in [0.5, 0.6) is 0 Å². The number of H-pyrrole nitrogens is 1. The number of benzene rings is 2. The molecule has 0 amide bonds. The van der Waals surface area contributed by atoms with E-state index in [1.165, 1.54) is 0 Å². The maximum absolute atomic E-state index is 12.4. The lowest BCUT2D eigenvalue weighted by Crippen LogP contribution is -2.34. The molecule has 3 aromatic rings. The van der Waals surface area contributed by atoms with E-state index in [1.807, 2.05) is 0 Å². The Balaban J connectivity index is 1.88. The Labute approximate surface area is 142 Å². The quantitative estimate of drug-likeness (QED) is 0.555. The number of esters is 1. The molecule has 0 bridgehead atoms. The van der Waals surface area contributed by atoms with Gasteiger partial charge in [-0.3, -0.25) is 9.36 Å². The lowest BCUT2D eigenvalue weighted by atomic mass is 10.1. The number of aromatic amines is 1. The maximum atomic E-state index is 12.4. The molecule has 2 aromatic carbocycles. The van der Waals surface area contributed by atoms with Crippen LogP contribution in [0.4, 0.5) is 5.69 Å². The number of nitrogens with two attached hydrogens (primary N) is 1. The number of rotatable bonds is 4. The van der Waals surface area contributed by atoms with Gasteiger partial charge in [-0.1, -0.05) is 18.2 Å². The third-order valence-corrected chi connectivity index (χ3v) is 3.91. The molecule has 0 aliphatic carbocycles. The van der Waals surface area contributed by atoms with E-state index < -0.39 is 11.7 Å². The van der Waals surface area contributed by atoms with E-state index in [0.29, 0.717) is 27.7 Å². The summed E-state index contributed by atoms with van der Waals surface area (Å²) in [6.45, 7) is 1.99. The molecule has 0 atom stereocenters. The average Bonchev–Trinajstić information content (AvgIpc) is 2.60. The molecule has 1 heterocycles. The van der Waals surface area contributed by atoms with Gasteiger partial charge < -0.3 is 15.5 Å². The number of aromatic nitrogens is 2. The molecule has 1 aromatic heterocycles. The highest BCUT2D eigenvalue weighted by molar-refractivity contribution is 5.95. The molecule has 128 valence electrons. The van der Waals surface area contributed by atoms with E-state index in [-0.39, 0.29) is 18.7 Å². The molecular formula is C18H17N3O4. The topological polar surface area (TPSA) is 107 Å². The normalized spacial score (nSPS) is 10.8. The van der Waals surface area contributed by atoms with Crippen molar-refractivity contribution in [2.24, 2.45) is 0 Å². The Morgan fingerprint density at radius 2 is 1.96 bits per heavy atom. The highest BCUT2D eigenvalue weighted by atomic mass is 16.5. The zero-order valence-electron chi connectivity index (χ0n) is 13.6. The average molecular weight is 339 g/mol. The van der Waals surface area contributed by atoms with Crippen molar-refractivity contribution in [2.75, 3.05) is 5.73 Å². The van der Waals surface area contributed by atoms with Crippen LogP contribution in [0.15, 0.2) is 52.1 Å². The molecule has 0 unspecified atom stereocenters. The summed E-state index contributed by atoms with van der Waals surface area (Å²) >= 11 is 0. The Bertz CT molecular complexity index is 1070. The highest BCUT2D eigenvalue weighted by Gasteiger charge is 2.12. The van der Waals surface area contributed by atoms with Crippen LogP contribution in [-0.4, -0.2) is 15.5 Å². The zero-order chi connectivity index (χ0) is 18.0. The number of anilines is 1.